The zero-order chi connectivity index (χ0) is 18.8. The molecule has 0 aliphatic rings. The van der Waals surface area contributed by atoms with E-state index < -0.39 is 22.0 Å². The summed E-state index contributed by atoms with van der Waals surface area (Å²) >= 11 is 5.92. The van der Waals surface area contributed by atoms with Gasteiger partial charge in [-0.1, -0.05) is 23.7 Å². The highest BCUT2D eigenvalue weighted by Crippen LogP contribution is 2.24. The van der Waals surface area contributed by atoms with Gasteiger partial charge in [0.25, 0.3) is 0 Å². The predicted molar refractivity (Wildman–Crippen MR) is 103 cm³/mol. The van der Waals surface area contributed by atoms with Gasteiger partial charge in [0.05, 0.1) is 11.9 Å². The molecule has 2 rings (SSSR count). The smallest absolute Gasteiger partial charge is 0.247 e. The first-order valence-corrected chi connectivity index (χ1v) is 9.94. The topological polar surface area (TPSA) is 66.5 Å². The minimum absolute atomic E-state index is 0.438. The second kappa shape index (κ2) is 7.45. The molecule has 0 radical (unpaired) electrons. The fraction of sp³-hybridized carbons (Fsp3) is 0.278. The van der Waals surface area contributed by atoms with Crippen molar-refractivity contribution in [3.05, 3.63) is 58.6 Å². The maximum Gasteiger partial charge on any atom is 0.247 e. The van der Waals surface area contributed by atoms with Crippen LogP contribution in [0.25, 0.3) is 0 Å². The standard InChI is InChI=1S/C18H21ClN2O3S/c1-12-8-13(2)10-17(9-12)21(25(4,23)24)14(3)18(22)20-16-7-5-6-15(19)11-16/h5-11,14H,1-4H3,(H,20,22)/t14-/m0/s1. The van der Waals surface area contributed by atoms with Gasteiger partial charge in [-0.3, -0.25) is 9.10 Å². The zero-order valence-corrected chi connectivity index (χ0v) is 16.1. The lowest BCUT2D eigenvalue weighted by Crippen LogP contribution is -2.45. The summed E-state index contributed by atoms with van der Waals surface area (Å²) in [5, 5.41) is 3.19. The number of nitrogens with zero attached hydrogens (tertiary/aromatic N) is 1. The van der Waals surface area contributed by atoms with Gasteiger partial charge in [0.1, 0.15) is 6.04 Å². The third kappa shape index (κ3) is 4.96. The first kappa shape index (κ1) is 19.3. The first-order valence-electron chi connectivity index (χ1n) is 7.72. The van der Waals surface area contributed by atoms with Crippen LogP contribution < -0.4 is 9.62 Å². The van der Waals surface area contributed by atoms with Crippen LogP contribution in [0.4, 0.5) is 11.4 Å². The molecule has 7 heteroatoms. The van der Waals surface area contributed by atoms with Crippen molar-refractivity contribution in [3.8, 4) is 0 Å². The van der Waals surface area contributed by atoms with Gasteiger partial charge in [-0.05, 0) is 62.2 Å². The molecule has 0 spiro atoms. The van der Waals surface area contributed by atoms with E-state index >= 15 is 0 Å². The van der Waals surface area contributed by atoms with Crippen LogP contribution in [0.5, 0.6) is 0 Å². The first-order chi connectivity index (χ1) is 11.6. The molecule has 0 aromatic heterocycles. The van der Waals surface area contributed by atoms with Crippen molar-refractivity contribution in [2.75, 3.05) is 15.9 Å². The number of nitrogens with one attached hydrogen (secondary N) is 1. The van der Waals surface area contributed by atoms with E-state index in [1.165, 1.54) is 0 Å². The highest BCUT2D eigenvalue weighted by molar-refractivity contribution is 7.92. The summed E-state index contributed by atoms with van der Waals surface area (Å²) in [4.78, 5) is 12.6. The molecule has 0 heterocycles. The van der Waals surface area contributed by atoms with E-state index in [4.69, 9.17) is 11.6 Å². The third-order valence-electron chi connectivity index (χ3n) is 3.64. The molecule has 0 bridgehead atoms. The Morgan fingerprint density at radius 2 is 1.72 bits per heavy atom. The van der Waals surface area contributed by atoms with E-state index in [0.29, 0.717) is 16.4 Å². The number of hydrogen-bond donors (Lipinski definition) is 1. The van der Waals surface area contributed by atoms with E-state index in [1.807, 2.05) is 19.9 Å². The summed E-state index contributed by atoms with van der Waals surface area (Å²) in [5.41, 5.74) is 2.82. The molecular weight excluding hydrogens is 360 g/mol. The minimum atomic E-state index is -3.65. The Balaban J connectivity index is 2.36. The highest BCUT2D eigenvalue weighted by Gasteiger charge is 2.29. The second-order valence-corrected chi connectivity index (χ2v) is 8.38. The summed E-state index contributed by atoms with van der Waals surface area (Å²) < 4.78 is 25.8. The van der Waals surface area contributed by atoms with Crippen molar-refractivity contribution in [2.45, 2.75) is 26.8 Å². The summed E-state index contributed by atoms with van der Waals surface area (Å²) in [7, 11) is -3.65. The van der Waals surface area contributed by atoms with Crippen molar-refractivity contribution in [2.24, 2.45) is 0 Å². The fourth-order valence-corrected chi connectivity index (χ4v) is 4.05. The molecule has 2 aromatic carbocycles. The van der Waals surface area contributed by atoms with Crippen LogP contribution in [-0.4, -0.2) is 26.6 Å². The van der Waals surface area contributed by atoms with Gasteiger partial charge in [-0.25, -0.2) is 8.42 Å². The van der Waals surface area contributed by atoms with Gasteiger partial charge in [-0.2, -0.15) is 0 Å². The lowest BCUT2D eigenvalue weighted by Gasteiger charge is -2.28. The van der Waals surface area contributed by atoms with Crippen LogP contribution >= 0.6 is 11.6 Å². The SMILES string of the molecule is Cc1cc(C)cc(N([C@@H](C)C(=O)Nc2cccc(Cl)c2)S(C)(=O)=O)c1. The molecule has 0 unspecified atom stereocenters. The maximum absolute atomic E-state index is 12.6. The monoisotopic (exact) mass is 380 g/mol. The summed E-state index contributed by atoms with van der Waals surface area (Å²) in [5.74, 6) is -0.438. The zero-order valence-electron chi connectivity index (χ0n) is 14.6. The third-order valence-corrected chi connectivity index (χ3v) is 5.12. The number of carbonyl (C=O) groups excluding carboxylic acids is 1. The van der Waals surface area contributed by atoms with Crippen LogP contribution in [0.2, 0.25) is 5.02 Å². The molecule has 0 saturated carbocycles. The number of sulfonamides is 1. The van der Waals surface area contributed by atoms with Crippen LogP contribution in [-0.2, 0) is 14.8 Å². The van der Waals surface area contributed by atoms with Crippen molar-refractivity contribution in [1.29, 1.82) is 0 Å². The van der Waals surface area contributed by atoms with Crippen molar-refractivity contribution in [3.63, 3.8) is 0 Å². The average Bonchev–Trinajstić information content (AvgIpc) is 2.44. The van der Waals surface area contributed by atoms with Gasteiger partial charge in [0.2, 0.25) is 15.9 Å². The maximum atomic E-state index is 12.6. The van der Waals surface area contributed by atoms with E-state index in [0.717, 1.165) is 21.7 Å². The lowest BCUT2D eigenvalue weighted by molar-refractivity contribution is -0.116. The van der Waals surface area contributed by atoms with Gasteiger partial charge < -0.3 is 5.32 Å². The normalized spacial score (nSPS) is 12.5. The Morgan fingerprint density at radius 3 is 2.24 bits per heavy atom. The Labute approximate surface area is 153 Å². The van der Waals surface area contributed by atoms with E-state index in [1.54, 1.807) is 43.3 Å². The molecule has 0 aliphatic heterocycles. The molecule has 0 fully saturated rings. The molecule has 0 aliphatic carbocycles. The van der Waals surface area contributed by atoms with Crippen molar-refractivity contribution < 1.29 is 13.2 Å². The average molecular weight is 381 g/mol. The van der Waals surface area contributed by atoms with Gasteiger partial charge >= 0.3 is 0 Å². The molecule has 2 aromatic rings. The number of aryl methyl sites for hydroxylation is 2. The van der Waals surface area contributed by atoms with Crippen molar-refractivity contribution in [1.82, 2.24) is 0 Å². The summed E-state index contributed by atoms with van der Waals surface area (Å²) in [6.07, 6.45) is 1.09. The van der Waals surface area contributed by atoms with Gasteiger partial charge in [0, 0.05) is 10.7 Å². The number of anilines is 2. The molecule has 134 valence electrons. The van der Waals surface area contributed by atoms with Crippen molar-refractivity contribution >= 4 is 38.9 Å². The number of carbonyl (C=O) groups is 1. The fourth-order valence-electron chi connectivity index (χ4n) is 2.70. The molecule has 1 amide bonds. The van der Waals surface area contributed by atoms with E-state index in [9.17, 15) is 13.2 Å². The second-order valence-electron chi connectivity index (χ2n) is 6.08. The minimum Gasteiger partial charge on any atom is -0.324 e. The van der Waals surface area contributed by atoms with Gasteiger partial charge in [-0.15, -0.1) is 0 Å². The number of halogens is 1. The van der Waals surface area contributed by atoms with Crippen LogP contribution in [0.3, 0.4) is 0 Å². The molecule has 1 atom stereocenters. The molecule has 1 N–H and O–H groups in total. The summed E-state index contributed by atoms with van der Waals surface area (Å²) in [6.45, 7) is 5.32. The van der Waals surface area contributed by atoms with Gasteiger partial charge in [0.15, 0.2) is 0 Å². The number of benzene rings is 2. The number of amides is 1. The largest absolute Gasteiger partial charge is 0.324 e. The Morgan fingerprint density at radius 1 is 1.12 bits per heavy atom. The van der Waals surface area contributed by atoms with E-state index in [-0.39, 0.29) is 0 Å². The molecule has 5 nitrogen and oxygen atoms in total. The molecule has 0 saturated heterocycles. The Bertz CT molecular complexity index is 877. The van der Waals surface area contributed by atoms with E-state index in [2.05, 4.69) is 5.32 Å². The quantitative estimate of drug-likeness (QED) is 0.858. The molecular formula is C18H21ClN2O3S. The van der Waals surface area contributed by atoms with Crippen LogP contribution in [0.1, 0.15) is 18.1 Å². The Kier molecular flexibility index (Phi) is 5.75. The Hall–Kier alpha value is -2.05. The number of rotatable bonds is 5. The predicted octanol–water partition coefficient (Wildman–Crippen LogP) is 3.75. The highest BCUT2D eigenvalue weighted by atomic mass is 35.5. The number of hydrogen-bond acceptors (Lipinski definition) is 3. The molecule has 25 heavy (non-hydrogen) atoms. The summed E-state index contributed by atoms with van der Waals surface area (Å²) in [6, 6.07) is 11.2. The van der Waals surface area contributed by atoms with Crippen LogP contribution in [0.15, 0.2) is 42.5 Å². The van der Waals surface area contributed by atoms with Crippen LogP contribution in [0, 0.1) is 13.8 Å². The lowest BCUT2D eigenvalue weighted by atomic mass is 10.1.